The maximum atomic E-state index is 9.37. The van der Waals surface area contributed by atoms with Gasteiger partial charge in [-0.05, 0) is 11.5 Å². The van der Waals surface area contributed by atoms with Gasteiger partial charge in [-0.25, -0.2) is 0 Å². The standard InChI is InChI=1S/C10H8O.2O.Ti/c11-10-7-3-5-8-4-1-2-6-9(8)10;;;/h1-7,11H;;;. The molecule has 70 valence electrons. The number of hydrogen-bond donors (Lipinski definition) is 1. The number of benzene rings is 2. The molecule has 2 aromatic carbocycles. The summed E-state index contributed by atoms with van der Waals surface area (Å²) in [6, 6.07) is 13.3. The summed E-state index contributed by atoms with van der Waals surface area (Å²) in [6.45, 7) is 0. The molecule has 0 aromatic heterocycles. The monoisotopic (exact) mass is 224 g/mol. The summed E-state index contributed by atoms with van der Waals surface area (Å²) in [6.07, 6.45) is 0. The zero-order valence-electron chi connectivity index (χ0n) is 7.31. The van der Waals surface area contributed by atoms with Gasteiger partial charge in [0.05, 0.1) is 0 Å². The van der Waals surface area contributed by atoms with E-state index in [-0.39, 0.29) is 0 Å². The van der Waals surface area contributed by atoms with E-state index in [1.165, 1.54) is 0 Å². The Morgan fingerprint density at radius 2 is 1.50 bits per heavy atom. The van der Waals surface area contributed by atoms with Gasteiger partial charge in [-0.3, -0.25) is 0 Å². The molecule has 3 nitrogen and oxygen atoms in total. The van der Waals surface area contributed by atoms with Gasteiger partial charge in [0, 0.05) is 5.39 Å². The molecule has 0 aliphatic rings. The Balaban J connectivity index is 0.000000293. The Morgan fingerprint density at radius 3 is 2.14 bits per heavy atom. The van der Waals surface area contributed by atoms with Crippen LogP contribution in [0.15, 0.2) is 42.5 Å². The first-order valence-corrected chi connectivity index (χ1v) is 5.23. The summed E-state index contributed by atoms with van der Waals surface area (Å²) in [7, 11) is 0. The van der Waals surface area contributed by atoms with E-state index >= 15 is 0 Å². The third-order valence-corrected chi connectivity index (χ3v) is 1.77. The first-order valence-electron chi connectivity index (χ1n) is 3.95. The Hall–Kier alpha value is -1.19. The van der Waals surface area contributed by atoms with E-state index < -0.39 is 19.1 Å². The Morgan fingerprint density at radius 1 is 0.929 bits per heavy atom. The van der Waals surface area contributed by atoms with Crippen molar-refractivity contribution < 1.29 is 30.8 Å². The van der Waals surface area contributed by atoms with Crippen LogP contribution in [0.2, 0.25) is 0 Å². The number of fused-ring (bicyclic) bond motifs is 1. The molecule has 0 heterocycles. The third kappa shape index (κ3) is 2.65. The molecule has 0 fully saturated rings. The van der Waals surface area contributed by atoms with Crippen LogP contribution in [0.1, 0.15) is 0 Å². The topological polar surface area (TPSA) is 54.4 Å². The van der Waals surface area contributed by atoms with Crippen molar-refractivity contribution in [2.24, 2.45) is 0 Å². The normalized spacial score (nSPS) is 8.57. The van der Waals surface area contributed by atoms with E-state index in [4.69, 9.17) is 6.65 Å². The maximum absolute atomic E-state index is 9.37. The predicted molar refractivity (Wildman–Crippen MR) is 47.0 cm³/mol. The minimum absolute atomic E-state index is 0.350. The van der Waals surface area contributed by atoms with Gasteiger partial charge >= 0.3 is 25.7 Å². The van der Waals surface area contributed by atoms with Gasteiger partial charge in [-0.2, -0.15) is 0 Å². The second kappa shape index (κ2) is 5.52. The quantitative estimate of drug-likeness (QED) is 0.698. The predicted octanol–water partition coefficient (Wildman–Crippen LogP) is 2.31. The molecule has 1 N–H and O–H groups in total. The van der Waals surface area contributed by atoms with Crippen LogP contribution in [0.25, 0.3) is 10.8 Å². The van der Waals surface area contributed by atoms with E-state index in [2.05, 4.69) is 0 Å². The van der Waals surface area contributed by atoms with Crippen LogP contribution >= 0.6 is 0 Å². The second-order valence-electron chi connectivity index (χ2n) is 2.58. The SMILES string of the molecule is Oc1cccc2ccccc12.[O]=[Ti]=[O]. The van der Waals surface area contributed by atoms with Crippen molar-refractivity contribution in [3.8, 4) is 5.75 Å². The fourth-order valence-corrected chi connectivity index (χ4v) is 1.21. The second-order valence-corrected chi connectivity index (χ2v) is 2.84. The molecular weight excluding hydrogens is 216 g/mol. The molecule has 0 aliphatic heterocycles. The van der Waals surface area contributed by atoms with Crippen molar-refractivity contribution in [3.63, 3.8) is 0 Å². The van der Waals surface area contributed by atoms with Crippen LogP contribution < -0.4 is 0 Å². The van der Waals surface area contributed by atoms with E-state index in [0.29, 0.717) is 5.75 Å². The fraction of sp³-hybridized carbons (Fsp3) is 0. The molecule has 0 radical (unpaired) electrons. The van der Waals surface area contributed by atoms with Gasteiger partial charge in [-0.1, -0.05) is 36.4 Å². The zero-order valence-corrected chi connectivity index (χ0v) is 8.87. The molecule has 0 aliphatic carbocycles. The van der Waals surface area contributed by atoms with Crippen molar-refractivity contribution in [1.29, 1.82) is 0 Å². The van der Waals surface area contributed by atoms with Crippen molar-refractivity contribution >= 4 is 10.8 Å². The molecule has 14 heavy (non-hydrogen) atoms. The van der Waals surface area contributed by atoms with Gasteiger partial charge in [0.1, 0.15) is 5.75 Å². The van der Waals surface area contributed by atoms with E-state index in [0.717, 1.165) is 10.8 Å². The molecule has 0 amide bonds. The van der Waals surface area contributed by atoms with Crippen LogP contribution in [0.4, 0.5) is 0 Å². The molecule has 4 heteroatoms. The summed E-state index contributed by atoms with van der Waals surface area (Å²) in [4.78, 5) is 0. The summed E-state index contributed by atoms with van der Waals surface area (Å²) >= 11 is -2.00. The van der Waals surface area contributed by atoms with Crippen LogP contribution in [0, 0.1) is 0 Å². The summed E-state index contributed by atoms with van der Waals surface area (Å²) < 4.78 is 17.0. The van der Waals surface area contributed by atoms with Crippen LogP contribution in [0.5, 0.6) is 5.75 Å². The number of rotatable bonds is 0. The number of phenols is 1. The van der Waals surface area contributed by atoms with Crippen LogP contribution in [-0.2, 0) is 25.7 Å². The minimum atomic E-state index is -2.00. The van der Waals surface area contributed by atoms with Crippen LogP contribution in [0.3, 0.4) is 0 Å². The summed E-state index contributed by atoms with van der Waals surface area (Å²) in [5.74, 6) is 0.350. The molecule has 2 aromatic rings. The van der Waals surface area contributed by atoms with Gasteiger partial charge < -0.3 is 5.11 Å². The summed E-state index contributed by atoms with van der Waals surface area (Å²) in [5, 5.41) is 11.4. The Kier molecular flexibility index (Phi) is 4.30. The van der Waals surface area contributed by atoms with Gasteiger partial charge in [-0.15, -0.1) is 0 Å². The first-order chi connectivity index (χ1) is 6.79. The number of phenolic OH excluding ortho intramolecular Hbond substituents is 1. The van der Waals surface area contributed by atoms with Crippen molar-refractivity contribution in [2.75, 3.05) is 0 Å². The number of hydrogen-bond acceptors (Lipinski definition) is 3. The molecule has 0 spiro atoms. The summed E-state index contributed by atoms with van der Waals surface area (Å²) in [5.41, 5.74) is 0. The van der Waals surface area contributed by atoms with Gasteiger partial charge in [0.25, 0.3) is 0 Å². The fourth-order valence-electron chi connectivity index (χ4n) is 1.21. The van der Waals surface area contributed by atoms with Crippen LogP contribution in [-0.4, -0.2) is 5.11 Å². The van der Waals surface area contributed by atoms with Gasteiger partial charge in [0.2, 0.25) is 0 Å². The van der Waals surface area contributed by atoms with E-state index in [9.17, 15) is 5.11 Å². The molecule has 0 unspecified atom stereocenters. The van der Waals surface area contributed by atoms with Crippen molar-refractivity contribution in [3.05, 3.63) is 42.5 Å². The molecule has 0 bridgehead atoms. The van der Waals surface area contributed by atoms with Crippen molar-refractivity contribution in [2.45, 2.75) is 0 Å². The van der Waals surface area contributed by atoms with Gasteiger partial charge in [0.15, 0.2) is 0 Å². The van der Waals surface area contributed by atoms with E-state index in [1.54, 1.807) is 6.07 Å². The Labute approximate surface area is 89.9 Å². The average molecular weight is 224 g/mol. The van der Waals surface area contributed by atoms with Crippen molar-refractivity contribution in [1.82, 2.24) is 0 Å². The molecule has 0 atom stereocenters. The van der Waals surface area contributed by atoms with E-state index in [1.807, 2.05) is 36.4 Å². The number of aromatic hydroxyl groups is 1. The molecular formula is C10H8O3Ti. The third-order valence-electron chi connectivity index (χ3n) is 1.77. The molecule has 0 saturated heterocycles. The average Bonchev–Trinajstić information content (AvgIpc) is 2.20. The Bertz CT molecular complexity index is 456. The molecule has 0 saturated carbocycles. The molecule has 2 rings (SSSR count). The zero-order chi connectivity index (χ0) is 10.4. The first kappa shape index (κ1) is 10.9.